The fraction of sp³-hybridized carbons (Fsp3) is 0.455. The van der Waals surface area contributed by atoms with Gasteiger partial charge in [0.05, 0.1) is 17.4 Å². The number of hydrogen-bond donors (Lipinski definition) is 0. The number of esters is 1. The highest BCUT2D eigenvalue weighted by Gasteiger charge is 2.17. The van der Waals surface area contributed by atoms with Crippen molar-refractivity contribution in [2.45, 2.75) is 32.0 Å². The number of aryl methyl sites for hydroxylation is 1. The van der Waals surface area contributed by atoms with Gasteiger partial charge in [0, 0.05) is 6.20 Å². The van der Waals surface area contributed by atoms with Crippen molar-refractivity contribution in [2.75, 3.05) is 6.26 Å². The van der Waals surface area contributed by atoms with Crippen molar-refractivity contribution in [2.24, 2.45) is 0 Å². The van der Waals surface area contributed by atoms with Crippen LogP contribution < -0.4 is 0 Å². The fourth-order valence-corrected chi connectivity index (χ4v) is 1.82. The molecule has 7 heteroatoms. The van der Waals surface area contributed by atoms with E-state index in [0.29, 0.717) is 22.2 Å². The summed E-state index contributed by atoms with van der Waals surface area (Å²) in [5.74, 6) is 0.0936. The number of thioether (sulfide) groups is 1. The average molecular weight is 266 g/mol. The molecule has 0 spiro atoms. The average Bonchev–Trinajstić information content (AvgIpc) is 2.72. The second kappa shape index (κ2) is 4.93. The molecule has 0 unspecified atom stereocenters. The Balaban J connectivity index is 2.47. The molecule has 0 radical (unpaired) electrons. The molecule has 0 aliphatic carbocycles. The number of hydrogen-bond acceptors (Lipinski definition) is 6. The zero-order valence-corrected chi connectivity index (χ0v) is 11.5. The SMILES string of the molecule is CSc1nc2ncc(C(=O)OC(C)C)c(C)n2n1. The predicted molar refractivity (Wildman–Crippen MR) is 67.9 cm³/mol. The van der Waals surface area contributed by atoms with Gasteiger partial charge in [0.1, 0.15) is 0 Å². The van der Waals surface area contributed by atoms with Gasteiger partial charge in [-0.05, 0) is 27.0 Å². The van der Waals surface area contributed by atoms with Crippen molar-refractivity contribution in [3.05, 3.63) is 17.5 Å². The van der Waals surface area contributed by atoms with E-state index in [2.05, 4.69) is 15.1 Å². The summed E-state index contributed by atoms with van der Waals surface area (Å²) >= 11 is 1.43. The first kappa shape index (κ1) is 12.8. The minimum Gasteiger partial charge on any atom is -0.459 e. The Morgan fingerprint density at radius 2 is 2.22 bits per heavy atom. The zero-order valence-electron chi connectivity index (χ0n) is 10.7. The van der Waals surface area contributed by atoms with Gasteiger partial charge in [-0.15, -0.1) is 5.10 Å². The lowest BCUT2D eigenvalue weighted by molar-refractivity contribution is 0.0375. The summed E-state index contributed by atoms with van der Waals surface area (Å²) < 4.78 is 6.71. The highest BCUT2D eigenvalue weighted by atomic mass is 32.2. The van der Waals surface area contributed by atoms with Crippen LogP contribution in [0.25, 0.3) is 5.78 Å². The topological polar surface area (TPSA) is 69.4 Å². The Morgan fingerprint density at radius 1 is 1.50 bits per heavy atom. The van der Waals surface area contributed by atoms with Crippen LogP contribution in [0.1, 0.15) is 29.9 Å². The van der Waals surface area contributed by atoms with Crippen molar-refractivity contribution in [3.8, 4) is 0 Å². The van der Waals surface area contributed by atoms with Gasteiger partial charge in [-0.2, -0.15) is 9.50 Å². The van der Waals surface area contributed by atoms with Crippen LogP contribution in [0.2, 0.25) is 0 Å². The molecular formula is C11H14N4O2S. The van der Waals surface area contributed by atoms with Crippen LogP contribution in [0.3, 0.4) is 0 Å². The quantitative estimate of drug-likeness (QED) is 0.622. The highest BCUT2D eigenvalue weighted by molar-refractivity contribution is 7.98. The van der Waals surface area contributed by atoms with Crippen LogP contribution in [0.4, 0.5) is 0 Å². The van der Waals surface area contributed by atoms with E-state index in [0.717, 1.165) is 0 Å². The molecule has 0 aromatic carbocycles. The monoisotopic (exact) mass is 266 g/mol. The number of aromatic nitrogens is 4. The number of nitrogens with zero attached hydrogens (tertiary/aromatic N) is 4. The van der Waals surface area contributed by atoms with E-state index in [1.165, 1.54) is 18.0 Å². The van der Waals surface area contributed by atoms with Crippen LogP contribution in [0.15, 0.2) is 11.4 Å². The molecule has 2 aromatic heterocycles. The molecule has 0 N–H and O–H groups in total. The van der Waals surface area contributed by atoms with Gasteiger partial charge in [0.2, 0.25) is 5.16 Å². The van der Waals surface area contributed by atoms with E-state index in [4.69, 9.17) is 4.74 Å². The number of ether oxygens (including phenoxy) is 1. The van der Waals surface area contributed by atoms with Gasteiger partial charge >= 0.3 is 5.97 Å². The molecule has 18 heavy (non-hydrogen) atoms. The molecule has 2 aromatic rings. The van der Waals surface area contributed by atoms with Gasteiger partial charge in [-0.25, -0.2) is 9.78 Å². The maximum Gasteiger partial charge on any atom is 0.341 e. The number of rotatable bonds is 3. The number of carbonyl (C=O) groups excluding carboxylic acids is 1. The Bertz CT molecular complexity index is 594. The van der Waals surface area contributed by atoms with Gasteiger partial charge in [0.25, 0.3) is 5.78 Å². The van der Waals surface area contributed by atoms with Crippen molar-refractivity contribution >= 4 is 23.5 Å². The molecule has 0 bridgehead atoms. The van der Waals surface area contributed by atoms with Gasteiger partial charge in [-0.1, -0.05) is 11.8 Å². The smallest absolute Gasteiger partial charge is 0.341 e. The molecule has 0 aliphatic heterocycles. The van der Waals surface area contributed by atoms with E-state index in [1.54, 1.807) is 25.3 Å². The summed E-state index contributed by atoms with van der Waals surface area (Å²) in [5.41, 5.74) is 1.09. The lowest BCUT2D eigenvalue weighted by Gasteiger charge is -2.09. The first-order valence-electron chi connectivity index (χ1n) is 5.50. The van der Waals surface area contributed by atoms with Crippen molar-refractivity contribution in [1.29, 1.82) is 0 Å². The van der Waals surface area contributed by atoms with E-state index in [9.17, 15) is 4.79 Å². The molecule has 96 valence electrons. The number of fused-ring (bicyclic) bond motifs is 1. The zero-order chi connectivity index (χ0) is 13.3. The summed E-state index contributed by atoms with van der Waals surface area (Å²) in [4.78, 5) is 20.2. The molecule has 2 heterocycles. The maximum atomic E-state index is 11.9. The van der Waals surface area contributed by atoms with Crippen molar-refractivity contribution in [1.82, 2.24) is 19.6 Å². The van der Waals surface area contributed by atoms with E-state index in [1.807, 2.05) is 6.26 Å². The Labute approximate surface area is 109 Å². The third kappa shape index (κ3) is 2.31. The second-order valence-corrected chi connectivity index (χ2v) is 4.80. The van der Waals surface area contributed by atoms with Crippen LogP contribution >= 0.6 is 11.8 Å². The summed E-state index contributed by atoms with van der Waals surface area (Å²) in [5, 5.41) is 4.88. The first-order valence-corrected chi connectivity index (χ1v) is 6.72. The normalized spacial score (nSPS) is 11.2. The summed E-state index contributed by atoms with van der Waals surface area (Å²) in [7, 11) is 0. The minimum atomic E-state index is -0.391. The summed E-state index contributed by atoms with van der Waals surface area (Å²) in [6, 6.07) is 0. The molecule has 0 aliphatic rings. The fourth-order valence-electron chi connectivity index (χ4n) is 1.49. The Kier molecular flexibility index (Phi) is 3.51. The molecule has 0 amide bonds. The summed E-state index contributed by atoms with van der Waals surface area (Å²) in [6.45, 7) is 5.41. The van der Waals surface area contributed by atoms with Crippen LogP contribution in [-0.4, -0.2) is 37.9 Å². The maximum absolute atomic E-state index is 11.9. The van der Waals surface area contributed by atoms with Crippen molar-refractivity contribution in [3.63, 3.8) is 0 Å². The van der Waals surface area contributed by atoms with Crippen molar-refractivity contribution < 1.29 is 9.53 Å². The molecule has 6 nitrogen and oxygen atoms in total. The van der Waals surface area contributed by atoms with E-state index in [-0.39, 0.29) is 6.10 Å². The lowest BCUT2D eigenvalue weighted by atomic mass is 10.2. The standard InChI is InChI=1S/C11H14N4O2S/c1-6(2)17-9(16)8-5-12-10-13-11(18-4)14-15(10)7(8)3/h5-6H,1-4H3. The Hall–Kier alpha value is -1.63. The molecule has 0 saturated heterocycles. The molecular weight excluding hydrogens is 252 g/mol. The third-order valence-electron chi connectivity index (χ3n) is 2.33. The lowest BCUT2D eigenvalue weighted by Crippen LogP contribution is -2.15. The van der Waals surface area contributed by atoms with Crippen LogP contribution in [-0.2, 0) is 4.74 Å². The summed E-state index contributed by atoms with van der Waals surface area (Å²) in [6.07, 6.45) is 3.21. The van der Waals surface area contributed by atoms with Gasteiger partial charge in [0.15, 0.2) is 0 Å². The van der Waals surface area contributed by atoms with Crippen LogP contribution in [0, 0.1) is 6.92 Å². The molecule has 0 saturated carbocycles. The van der Waals surface area contributed by atoms with Crippen LogP contribution in [0.5, 0.6) is 0 Å². The Morgan fingerprint density at radius 3 is 2.83 bits per heavy atom. The van der Waals surface area contributed by atoms with E-state index >= 15 is 0 Å². The molecule has 0 fully saturated rings. The third-order valence-corrected chi connectivity index (χ3v) is 2.87. The van der Waals surface area contributed by atoms with Gasteiger partial charge < -0.3 is 4.74 Å². The number of carbonyl (C=O) groups is 1. The second-order valence-electron chi connectivity index (χ2n) is 4.02. The molecule has 2 rings (SSSR count). The highest BCUT2D eigenvalue weighted by Crippen LogP contribution is 2.14. The largest absolute Gasteiger partial charge is 0.459 e. The molecule has 0 atom stereocenters. The first-order chi connectivity index (χ1) is 8.52. The minimum absolute atomic E-state index is 0.162. The predicted octanol–water partition coefficient (Wildman–Crippen LogP) is 1.72. The van der Waals surface area contributed by atoms with E-state index < -0.39 is 5.97 Å². The van der Waals surface area contributed by atoms with Gasteiger partial charge in [-0.3, -0.25) is 0 Å².